The van der Waals surface area contributed by atoms with Crippen LogP contribution in [0.1, 0.15) is 5.56 Å². The number of carbonyl (C=O) groups is 1. The maximum atomic E-state index is 13.1. The summed E-state index contributed by atoms with van der Waals surface area (Å²) in [6.07, 6.45) is -4.57. The van der Waals surface area contributed by atoms with Crippen LogP contribution in [-0.2, 0) is 22.3 Å². The van der Waals surface area contributed by atoms with Crippen LogP contribution in [0.2, 0.25) is 5.02 Å². The number of ether oxygens (including phenoxy) is 1. The normalized spacial score (nSPS) is 11.9. The zero-order valence-corrected chi connectivity index (χ0v) is 19.3. The maximum Gasteiger partial charge on any atom is 0.416 e. The molecule has 0 radical (unpaired) electrons. The number of alkyl halides is 3. The van der Waals surface area contributed by atoms with Crippen LogP contribution in [0.25, 0.3) is 21.9 Å². The molecular formula is C22H18ClF3N4O3S. The molecule has 7 nitrogen and oxygen atoms in total. The van der Waals surface area contributed by atoms with Gasteiger partial charge in [-0.15, -0.1) is 0 Å². The average molecular weight is 511 g/mol. The molecule has 0 aliphatic heterocycles. The minimum absolute atomic E-state index is 0.0262. The van der Waals surface area contributed by atoms with Crippen LogP contribution >= 0.6 is 23.4 Å². The van der Waals surface area contributed by atoms with Gasteiger partial charge in [0, 0.05) is 18.0 Å². The lowest BCUT2D eigenvalue weighted by atomic mass is 10.2. The monoisotopic (exact) mass is 510 g/mol. The maximum absolute atomic E-state index is 13.1. The Balaban J connectivity index is 1.62. The predicted molar refractivity (Wildman–Crippen MR) is 126 cm³/mol. The van der Waals surface area contributed by atoms with Gasteiger partial charge in [-0.2, -0.15) is 13.2 Å². The lowest BCUT2D eigenvalue weighted by Gasteiger charge is -2.13. The van der Waals surface area contributed by atoms with Crippen molar-refractivity contribution in [1.29, 1.82) is 0 Å². The average Bonchev–Trinajstić information content (AvgIpc) is 3.17. The number of amides is 1. The van der Waals surface area contributed by atoms with Gasteiger partial charge in [-0.1, -0.05) is 41.6 Å². The van der Waals surface area contributed by atoms with Crippen LogP contribution in [0.5, 0.6) is 0 Å². The SMILES string of the molecule is COCCn1c(SCC(=O)Nc2cc(C(F)(F)F)ccc2Cl)nc2c([nH]c3ccccc32)c1=O. The molecule has 0 unspecified atom stereocenters. The summed E-state index contributed by atoms with van der Waals surface area (Å²) in [6, 6.07) is 10.00. The first-order valence-corrected chi connectivity index (χ1v) is 11.3. The van der Waals surface area contributed by atoms with Crippen LogP contribution in [0.3, 0.4) is 0 Å². The fraction of sp³-hybridized carbons (Fsp3) is 0.227. The molecule has 178 valence electrons. The van der Waals surface area contributed by atoms with E-state index in [-0.39, 0.29) is 40.3 Å². The summed E-state index contributed by atoms with van der Waals surface area (Å²) in [5.41, 5.74) is 0.153. The van der Waals surface area contributed by atoms with Crippen LogP contribution < -0.4 is 10.9 Å². The van der Waals surface area contributed by atoms with Crippen molar-refractivity contribution in [2.75, 3.05) is 24.8 Å². The van der Waals surface area contributed by atoms with Crippen LogP contribution in [0.4, 0.5) is 18.9 Å². The molecule has 0 saturated heterocycles. The fourth-order valence-corrected chi connectivity index (χ4v) is 4.36. The number of anilines is 1. The number of aromatic nitrogens is 3. The molecule has 2 aromatic heterocycles. The smallest absolute Gasteiger partial charge is 0.383 e. The molecular weight excluding hydrogens is 493 g/mol. The lowest BCUT2D eigenvalue weighted by molar-refractivity contribution is -0.137. The van der Waals surface area contributed by atoms with Gasteiger partial charge in [-0.25, -0.2) is 4.98 Å². The molecule has 2 heterocycles. The van der Waals surface area contributed by atoms with E-state index in [4.69, 9.17) is 16.3 Å². The van der Waals surface area contributed by atoms with Crippen molar-refractivity contribution in [1.82, 2.24) is 14.5 Å². The molecule has 0 bridgehead atoms. The number of para-hydroxylation sites is 1. The molecule has 2 aromatic carbocycles. The van der Waals surface area contributed by atoms with Crippen molar-refractivity contribution in [2.24, 2.45) is 0 Å². The van der Waals surface area contributed by atoms with E-state index >= 15 is 0 Å². The fourth-order valence-electron chi connectivity index (χ4n) is 3.38. The second-order valence-electron chi connectivity index (χ2n) is 7.27. The van der Waals surface area contributed by atoms with Gasteiger partial charge >= 0.3 is 6.18 Å². The highest BCUT2D eigenvalue weighted by Crippen LogP contribution is 2.34. The summed E-state index contributed by atoms with van der Waals surface area (Å²) in [7, 11) is 1.50. The minimum Gasteiger partial charge on any atom is -0.383 e. The number of fused-ring (bicyclic) bond motifs is 3. The Bertz CT molecular complexity index is 1430. The van der Waals surface area contributed by atoms with Gasteiger partial charge in [0.2, 0.25) is 5.91 Å². The van der Waals surface area contributed by atoms with E-state index in [9.17, 15) is 22.8 Å². The van der Waals surface area contributed by atoms with Gasteiger partial charge in [0.15, 0.2) is 5.16 Å². The second kappa shape index (κ2) is 9.69. The molecule has 0 saturated carbocycles. The highest BCUT2D eigenvalue weighted by molar-refractivity contribution is 7.99. The van der Waals surface area contributed by atoms with Crippen LogP contribution in [0, 0.1) is 0 Å². The van der Waals surface area contributed by atoms with E-state index in [1.165, 1.54) is 11.7 Å². The molecule has 0 fully saturated rings. The predicted octanol–water partition coefficient (Wildman–Crippen LogP) is 4.93. The number of methoxy groups -OCH3 is 1. The Morgan fingerprint density at radius 3 is 2.76 bits per heavy atom. The first-order chi connectivity index (χ1) is 16.2. The minimum atomic E-state index is -4.57. The summed E-state index contributed by atoms with van der Waals surface area (Å²) in [6.45, 7) is 0.448. The largest absolute Gasteiger partial charge is 0.416 e. The number of benzene rings is 2. The molecule has 2 N–H and O–H groups in total. The molecule has 4 aromatic rings. The Morgan fingerprint density at radius 2 is 2.03 bits per heavy atom. The third kappa shape index (κ3) is 4.91. The number of nitrogens with zero attached hydrogens (tertiary/aromatic N) is 2. The van der Waals surface area contributed by atoms with E-state index in [1.807, 2.05) is 24.3 Å². The Hall–Kier alpha value is -3.02. The molecule has 34 heavy (non-hydrogen) atoms. The summed E-state index contributed by atoms with van der Waals surface area (Å²) in [5, 5.41) is 3.41. The number of thioether (sulfide) groups is 1. The highest BCUT2D eigenvalue weighted by atomic mass is 35.5. The van der Waals surface area contributed by atoms with Crippen molar-refractivity contribution < 1.29 is 22.7 Å². The summed E-state index contributed by atoms with van der Waals surface area (Å²) in [4.78, 5) is 33.3. The topological polar surface area (TPSA) is 89.0 Å². The number of hydrogen-bond acceptors (Lipinski definition) is 5. The van der Waals surface area contributed by atoms with Gasteiger partial charge in [0.05, 0.1) is 35.2 Å². The molecule has 0 atom stereocenters. The van der Waals surface area contributed by atoms with E-state index in [2.05, 4.69) is 15.3 Å². The van der Waals surface area contributed by atoms with E-state index in [1.54, 1.807) is 0 Å². The summed E-state index contributed by atoms with van der Waals surface area (Å²) in [5.74, 6) is -0.808. The summed E-state index contributed by atoms with van der Waals surface area (Å²) >= 11 is 6.94. The summed E-state index contributed by atoms with van der Waals surface area (Å²) < 4.78 is 45.5. The molecule has 0 aliphatic rings. The first-order valence-electron chi connectivity index (χ1n) is 9.98. The third-order valence-electron chi connectivity index (χ3n) is 5.00. The molecule has 12 heteroatoms. The highest BCUT2D eigenvalue weighted by Gasteiger charge is 2.31. The van der Waals surface area contributed by atoms with Gasteiger partial charge in [0.1, 0.15) is 11.0 Å². The molecule has 0 spiro atoms. The number of carbonyl (C=O) groups excluding carboxylic acids is 1. The van der Waals surface area contributed by atoms with E-state index in [0.717, 1.165) is 40.9 Å². The number of halogens is 4. The Morgan fingerprint density at radius 1 is 1.26 bits per heavy atom. The number of aromatic amines is 1. The lowest BCUT2D eigenvalue weighted by Crippen LogP contribution is -2.26. The second-order valence-corrected chi connectivity index (χ2v) is 8.62. The van der Waals surface area contributed by atoms with Crippen LogP contribution in [-0.4, -0.2) is 39.9 Å². The Labute approximate surface area is 200 Å². The molecule has 1 amide bonds. The number of hydrogen-bond donors (Lipinski definition) is 2. The van der Waals surface area contributed by atoms with Crippen molar-refractivity contribution in [3.63, 3.8) is 0 Å². The van der Waals surface area contributed by atoms with Gasteiger partial charge in [0.25, 0.3) is 5.56 Å². The van der Waals surface area contributed by atoms with Crippen molar-refractivity contribution >= 4 is 56.9 Å². The third-order valence-corrected chi connectivity index (χ3v) is 6.30. The number of nitrogens with one attached hydrogen (secondary N) is 2. The van der Waals surface area contributed by atoms with Crippen molar-refractivity contribution in [2.45, 2.75) is 17.9 Å². The quantitative estimate of drug-likeness (QED) is 0.272. The number of rotatable bonds is 7. The number of H-pyrrole nitrogens is 1. The van der Waals surface area contributed by atoms with Gasteiger partial charge in [-0.3, -0.25) is 14.2 Å². The van der Waals surface area contributed by atoms with Crippen LogP contribution in [0.15, 0.2) is 52.4 Å². The first kappa shape index (κ1) is 24.1. The van der Waals surface area contributed by atoms with Crippen molar-refractivity contribution in [3.8, 4) is 0 Å². The molecule has 0 aliphatic carbocycles. The standard InChI is InChI=1S/C22H18ClF3N4O3S/c1-33-9-8-30-20(32)19-18(13-4-2-3-5-15(13)28-19)29-21(30)34-11-17(31)27-16-10-12(22(24,25)26)6-7-14(16)23/h2-7,10,28H,8-9,11H2,1H3,(H,27,31). The van der Waals surface area contributed by atoms with Crippen molar-refractivity contribution in [3.05, 3.63) is 63.4 Å². The molecule has 4 rings (SSSR count). The zero-order valence-electron chi connectivity index (χ0n) is 17.7. The van der Waals surface area contributed by atoms with E-state index in [0.29, 0.717) is 11.0 Å². The van der Waals surface area contributed by atoms with Gasteiger partial charge < -0.3 is 15.0 Å². The Kier molecular flexibility index (Phi) is 6.87. The van der Waals surface area contributed by atoms with Gasteiger partial charge in [-0.05, 0) is 24.3 Å². The van der Waals surface area contributed by atoms with E-state index < -0.39 is 17.6 Å². The zero-order chi connectivity index (χ0) is 24.5.